The smallest absolute Gasteiger partial charge is 0.223 e. The lowest BCUT2D eigenvalue weighted by Crippen LogP contribution is -2.33. The Morgan fingerprint density at radius 1 is 1.25 bits per heavy atom. The molecule has 28 heavy (non-hydrogen) atoms. The zero-order chi connectivity index (χ0) is 19.3. The molecule has 0 unspecified atom stereocenters. The van der Waals surface area contributed by atoms with Crippen molar-refractivity contribution in [3.05, 3.63) is 22.4 Å². The van der Waals surface area contributed by atoms with Gasteiger partial charge in [0.2, 0.25) is 5.91 Å². The number of hydrogen-bond donors (Lipinski definition) is 0. The van der Waals surface area contributed by atoms with E-state index in [9.17, 15) is 4.79 Å². The summed E-state index contributed by atoms with van der Waals surface area (Å²) in [5.74, 6) is 1.94. The number of rotatable bonds is 7. The van der Waals surface area contributed by atoms with Gasteiger partial charge in [0.1, 0.15) is 5.01 Å². The summed E-state index contributed by atoms with van der Waals surface area (Å²) in [4.78, 5) is 21.6. The highest BCUT2D eigenvalue weighted by Crippen LogP contribution is 2.33. The highest BCUT2D eigenvalue weighted by atomic mass is 32.1. The number of likely N-dealkylation sites (tertiary alicyclic amines) is 2. The monoisotopic (exact) mass is 403 g/mol. The Balaban J connectivity index is 1.26. The summed E-state index contributed by atoms with van der Waals surface area (Å²) in [6, 6.07) is 0.164. The Morgan fingerprint density at radius 3 is 2.89 bits per heavy atom. The number of aryl methyl sites for hydroxylation is 1. The summed E-state index contributed by atoms with van der Waals surface area (Å²) in [6.45, 7) is 6.86. The van der Waals surface area contributed by atoms with Crippen LogP contribution in [-0.2, 0) is 17.9 Å². The van der Waals surface area contributed by atoms with Crippen LogP contribution in [0.25, 0.3) is 0 Å². The molecule has 4 rings (SSSR count). The molecule has 2 saturated heterocycles. The molecular formula is C19H29N7OS. The van der Waals surface area contributed by atoms with Crippen LogP contribution in [0.1, 0.15) is 62.3 Å². The summed E-state index contributed by atoms with van der Waals surface area (Å²) >= 11 is 1.64. The van der Waals surface area contributed by atoms with Gasteiger partial charge in [0.05, 0.1) is 12.6 Å². The normalized spacial score (nSPS) is 21.5. The molecule has 4 heterocycles. The van der Waals surface area contributed by atoms with Gasteiger partial charge in [0.15, 0.2) is 5.82 Å². The fourth-order valence-electron chi connectivity index (χ4n) is 4.18. The molecule has 2 aliphatic heterocycles. The van der Waals surface area contributed by atoms with E-state index < -0.39 is 0 Å². The summed E-state index contributed by atoms with van der Waals surface area (Å²) in [6.07, 6.45) is 7.67. The van der Waals surface area contributed by atoms with E-state index >= 15 is 0 Å². The minimum atomic E-state index is 0.164. The molecule has 9 heteroatoms. The van der Waals surface area contributed by atoms with E-state index in [4.69, 9.17) is 0 Å². The number of piperidine rings is 1. The molecule has 0 spiro atoms. The average molecular weight is 404 g/mol. The van der Waals surface area contributed by atoms with Gasteiger partial charge in [-0.3, -0.25) is 9.69 Å². The largest absolute Gasteiger partial charge is 0.333 e. The first-order chi connectivity index (χ1) is 13.7. The minimum Gasteiger partial charge on any atom is -0.333 e. The van der Waals surface area contributed by atoms with Crippen LogP contribution >= 0.6 is 11.3 Å². The molecule has 0 aromatic carbocycles. The lowest BCUT2D eigenvalue weighted by Gasteiger charge is -2.29. The van der Waals surface area contributed by atoms with E-state index in [1.54, 1.807) is 11.3 Å². The van der Waals surface area contributed by atoms with Gasteiger partial charge in [0.25, 0.3) is 0 Å². The highest BCUT2D eigenvalue weighted by Gasteiger charge is 2.31. The van der Waals surface area contributed by atoms with Crippen LogP contribution in [0.15, 0.2) is 11.6 Å². The Kier molecular flexibility index (Phi) is 6.31. The maximum Gasteiger partial charge on any atom is 0.223 e. The molecule has 1 amide bonds. The average Bonchev–Trinajstić information content (AvgIpc) is 3.45. The van der Waals surface area contributed by atoms with Crippen molar-refractivity contribution in [2.45, 2.75) is 64.6 Å². The van der Waals surface area contributed by atoms with E-state index in [1.807, 2.05) is 21.2 Å². The quantitative estimate of drug-likeness (QED) is 0.707. The minimum absolute atomic E-state index is 0.164. The van der Waals surface area contributed by atoms with Crippen molar-refractivity contribution in [2.24, 2.45) is 5.92 Å². The molecule has 0 aliphatic carbocycles. The first-order valence-corrected chi connectivity index (χ1v) is 11.2. The number of hydrogen-bond acceptors (Lipinski definition) is 7. The van der Waals surface area contributed by atoms with Crippen LogP contribution < -0.4 is 0 Å². The van der Waals surface area contributed by atoms with E-state index in [0.717, 1.165) is 62.2 Å². The summed E-state index contributed by atoms with van der Waals surface area (Å²) in [5.41, 5.74) is 0. The molecule has 0 bridgehead atoms. The molecule has 152 valence electrons. The SMILES string of the molecule is CC1CCN(Cc2nnnn2CCCC(=O)N2CCC[C@@H]2c2nccs2)CC1. The van der Waals surface area contributed by atoms with Crippen LogP contribution in [0.3, 0.4) is 0 Å². The molecule has 0 radical (unpaired) electrons. The molecule has 2 aliphatic rings. The standard InChI is InChI=1S/C19H29N7OS/c1-15-6-11-24(12-7-15)14-17-21-22-23-26(17)10-3-5-18(27)25-9-2-4-16(25)19-20-8-13-28-19/h8,13,15-16H,2-7,9-12,14H2,1H3/t16-/m1/s1. The number of nitrogens with zero attached hydrogens (tertiary/aromatic N) is 7. The van der Waals surface area contributed by atoms with Gasteiger partial charge in [-0.1, -0.05) is 6.92 Å². The molecular weight excluding hydrogens is 374 g/mol. The fourth-order valence-corrected chi connectivity index (χ4v) is 4.96. The Bertz CT molecular complexity index is 754. The van der Waals surface area contributed by atoms with E-state index in [1.165, 1.54) is 12.8 Å². The van der Waals surface area contributed by atoms with Crippen molar-refractivity contribution < 1.29 is 4.79 Å². The second-order valence-corrected chi connectivity index (χ2v) is 8.92. The third-order valence-corrected chi connectivity index (χ3v) is 6.79. The number of carbonyl (C=O) groups is 1. The van der Waals surface area contributed by atoms with Crippen molar-refractivity contribution in [3.8, 4) is 0 Å². The van der Waals surface area contributed by atoms with E-state index in [2.05, 4.69) is 32.3 Å². The first-order valence-electron chi connectivity index (χ1n) is 10.4. The number of tetrazole rings is 1. The van der Waals surface area contributed by atoms with Crippen LogP contribution in [-0.4, -0.2) is 60.5 Å². The van der Waals surface area contributed by atoms with Gasteiger partial charge in [-0.2, -0.15) is 0 Å². The van der Waals surface area contributed by atoms with Crippen LogP contribution in [0.2, 0.25) is 0 Å². The zero-order valence-electron chi connectivity index (χ0n) is 16.5. The lowest BCUT2D eigenvalue weighted by molar-refractivity contribution is -0.132. The summed E-state index contributed by atoms with van der Waals surface area (Å²) in [7, 11) is 0. The van der Waals surface area contributed by atoms with Gasteiger partial charge in [0, 0.05) is 31.1 Å². The van der Waals surface area contributed by atoms with Crippen LogP contribution in [0.5, 0.6) is 0 Å². The topological polar surface area (TPSA) is 80.0 Å². The van der Waals surface area contributed by atoms with E-state index in [0.29, 0.717) is 13.0 Å². The van der Waals surface area contributed by atoms with Gasteiger partial charge in [-0.15, -0.1) is 16.4 Å². The van der Waals surface area contributed by atoms with Crippen LogP contribution in [0, 0.1) is 5.92 Å². The van der Waals surface area contributed by atoms with Crippen molar-refractivity contribution in [1.82, 2.24) is 35.0 Å². The van der Waals surface area contributed by atoms with E-state index in [-0.39, 0.29) is 11.9 Å². The van der Waals surface area contributed by atoms with Gasteiger partial charge in [-0.25, -0.2) is 9.67 Å². The molecule has 2 aromatic rings. The predicted octanol–water partition coefficient (Wildman–Crippen LogP) is 2.51. The zero-order valence-corrected chi connectivity index (χ0v) is 17.4. The van der Waals surface area contributed by atoms with Crippen molar-refractivity contribution in [1.29, 1.82) is 0 Å². The Labute approximate surface area is 169 Å². The Morgan fingerprint density at radius 2 is 2.11 bits per heavy atom. The Hall–Kier alpha value is -1.87. The third-order valence-electron chi connectivity index (χ3n) is 5.92. The van der Waals surface area contributed by atoms with Crippen LogP contribution in [0.4, 0.5) is 0 Å². The number of aromatic nitrogens is 5. The second-order valence-electron chi connectivity index (χ2n) is 8.00. The molecule has 8 nitrogen and oxygen atoms in total. The molecule has 0 saturated carbocycles. The molecule has 2 fully saturated rings. The maximum absolute atomic E-state index is 12.7. The molecule has 1 atom stereocenters. The first kappa shape index (κ1) is 19.4. The second kappa shape index (κ2) is 9.09. The maximum atomic E-state index is 12.7. The molecule has 0 N–H and O–H groups in total. The lowest BCUT2D eigenvalue weighted by atomic mass is 9.99. The number of thiazole rings is 1. The van der Waals surface area contributed by atoms with Gasteiger partial charge >= 0.3 is 0 Å². The number of amides is 1. The summed E-state index contributed by atoms with van der Waals surface area (Å²) in [5, 5.41) is 15.3. The molecule has 2 aromatic heterocycles. The summed E-state index contributed by atoms with van der Waals surface area (Å²) < 4.78 is 1.87. The van der Waals surface area contributed by atoms with Gasteiger partial charge in [-0.05, 0) is 61.5 Å². The fraction of sp³-hybridized carbons (Fsp3) is 0.737. The van der Waals surface area contributed by atoms with Crippen molar-refractivity contribution in [2.75, 3.05) is 19.6 Å². The predicted molar refractivity (Wildman–Crippen MR) is 107 cm³/mol. The van der Waals surface area contributed by atoms with Crippen molar-refractivity contribution in [3.63, 3.8) is 0 Å². The number of carbonyl (C=O) groups excluding carboxylic acids is 1. The highest BCUT2D eigenvalue weighted by molar-refractivity contribution is 7.09. The third kappa shape index (κ3) is 4.57. The van der Waals surface area contributed by atoms with Gasteiger partial charge < -0.3 is 4.90 Å². The van der Waals surface area contributed by atoms with Crippen molar-refractivity contribution >= 4 is 17.2 Å².